The van der Waals surface area contributed by atoms with Gasteiger partial charge in [0.25, 0.3) is 0 Å². The molecule has 6 heteroatoms. The van der Waals surface area contributed by atoms with Crippen molar-refractivity contribution in [2.24, 2.45) is 0 Å². The van der Waals surface area contributed by atoms with E-state index < -0.39 is 0 Å². The van der Waals surface area contributed by atoms with Crippen molar-refractivity contribution in [1.82, 2.24) is 14.8 Å². The molecular formula is C20H25N3O2S. The molecule has 1 fully saturated rings. The molecule has 0 bridgehead atoms. The third-order valence-corrected chi connectivity index (χ3v) is 5.26. The number of carbonyl (C=O) groups excluding carboxylic acids is 1. The molecule has 0 saturated heterocycles. The summed E-state index contributed by atoms with van der Waals surface area (Å²) in [6.45, 7) is 1.82. The lowest BCUT2D eigenvalue weighted by molar-refractivity contribution is 0.191. The molecule has 2 aromatic rings. The fraction of sp³-hybridized carbons (Fsp3) is 0.400. The van der Waals surface area contributed by atoms with Gasteiger partial charge in [-0.3, -0.25) is 4.79 Å². The van der Waals surface area contributed by atoms with Gasteiger partial charge in [-0.2, -0.15) is 0 Å². The number of hydrogen-bond acceptors (Lipinski definition) is 3. The van der Waals surface area contributed by atoms with Crippen molar-refractivity contribution in [3.63, 3.8) is 0 Å². The van der Waals surface area contributed by atoms with Gasteiger partial charge in [-0.05, 0) is 49.3 Å². The maximum atomic E-state index is 12.6. The standard InChI is InChI=1S/C20H25N3O2S/c1-26-18-10-6-16(7-11-18)15-23(17-8-9-17)20(25)21-12-4-14-22-13-3-2-5-19(22)24/h2-3,5-7,10-11,13,17H,4,8-9,12,14-15H2,1H3,(H,21,25). The predicted octanol–water partition coefficient (Wildman–Crippen LogP) is 3.33. The summed E-state index contributed by atoms with van der Waals surface area (Å²) in [5, 5.41) is 3.00. The van der Waals surface area contributed by atoms with E-state index in [0.29, 0.717) is 25.7 Å². The lowest BCUT2D eigenvalue weighted by Crippen LogP contribution is -2.41. The second kappa shape index (κ2) is 8.94. The molecule has 0 radical (unpaired) electrons. The Morgan fingerprint density at radius 2 is 2.00 bits per heavy atom. The van der Waals surface area contributed by atoms with E-state index >= 15 is 0 Å². The van der Waals surface area contributed by atoms with Crippen LogP contribution in [0, 0.1) is 0 Å². The van der Waals surface area contributed by atoms with Crippen LogP contribution in [0.2, 0.25) is 0 Å². The predicted molar refractivity (Wildman–Crippen MR) is 106 cm³/mol. The average Bonchev–Trinajstić information content (AvgIpc) is 3.50. The third kappa shape index (κ3) is 5.14. The quantitative estimate of drug-likeness (QED) is 0.572. The van der Waals surface area contributed by atoms with Gasteiger partial charge in [0, 0.05) is 42.8 Å². The molecule has 0 spiro atoms. The first-order valence-corrected chi connectivity index (χ1v) is 10.2. The van der Waals surface area contributed by atoms with Crippen LogP contribution in [-0.4, -0.2) is 34.3 Å². The fourth-order valence-electron chi connectivity index (χ4n) is 2.87. The number of nitrogens with zero attached hydrogens (tertiary/aromatic N) is 2. The van der Waals surface area contributed by atoms with Gasteiger partial charge in [0.1, 0.15) is 0 Å². The van der Waals surface area contributed by atoms with Gasteiger partial charge in [-0.1, -0.05) is 18.2 Å². The summed E-state index contributed by atoms with van der Waals surface area (Å²) in [4.78, 5) is 27.4. The van der Waals surface area contributed by atoms with Gasteiger partial charge in [-0.25, -0.2) is 4.79 Å². The molecule has 1 heterocycles. The minimum Gasteiger partial charge on any atom is -0.338 e. The number of carbonyl (C=O) groups is 1. The van der Waals surface area contributed by atoms with Crippen LogP contribution in [-0.2, 0) is 13.1 Å². The monoisotopic (exact) mass is 371 g/mol. The minimum absolute atomic E-state index is 0.00729. The summed E-state index contributed by atoms with van der Waals surface area (Å²) in [5.41, 5.74) is 1.15. The molecule has 138 valence electrons. The number of hydrogen-bond donors (Lipinski definition) is 1. The molecule has 5 nitrogen and oxygen atoms in total. The number of urea groups is 1. The zero-order chi connectivity index (χ0) is 18.4. The lowest BCUT2D eigenvalue weighted by atomic mass is 10.2. The first-order chi connectivity index (χ1) is 12.7. The van der Waals surface area contributed by atoms with Crippen LogP contribution in [0.3, 0.4) is 0 Å². The highest BCUT2D eigenvalue weighted by molar-refractivity contribution is 7.98. The van der Waals surface area contributed by atoms with E-state index in [9.17, 15) is 9.59 Å². The van der Waals surface area contributed by atoms with Crippen molar-refractivity contribution in [2.45, 2.75) is 43.3 Å². The van der Waals surface area contributed by atoms with E-state index in [0.717, 1.165) is 24.8 Å². The number of aryl methyl sites for hydroxylation is 1. The van der Waals surface area contributed by atoms with Crippen LogP contribution in [0.15, 0.2) is 58.4 Å². The fourth-order valence-corrected chi connectivity index (χ4v) is 3.28. The second-order valence-corrected chi connectivity index (χ2v) is 7.40. The summed E-state index contributed by atoms with van der Waals surface area (Å²) in [5.74, 6) is 0. The summed E-state index contributed by atoms with van der Waals surface area (Å²) >= 11 is 1.72. The van der Waals surface area contributed by atoms with E-state index in [4.69, 9.17) is 0 Å². The Bertz CT molecular complexity index is 784. The zero-order valence-electron chi connectivity index (χ0n) is 15.1. The number of amides is 2. The Labute approximate surface area is 158 Å². The average molecular weight is 372 g/mol. The Kier molecular flexibility index (Phi) is 6.39. The highest BCUT2D eigenvalue weighted by atomic mass is 32.2. The molecule has 1 aromatic heterocycles. The second-order valence-electron chi connectivity index (χ2n) is 6.52. The molecule has 1 aliphatic rings. The highest BCUT2D eigenvalue weighted by Crippen LogP contribution is 2.28. The number of aromatic nitrogens is 1. The van der Waals surface area contributed by atoms with Crippen molar-refractivity contribution in [3.05, 3.63) is 64.6 Å². The Morgan fingerprint density at radius 3 is 2.65 bits per heavy atom. The number of nitrogens with one attached hydrogen (secondary N) is 1. The first kappa shape index (κ1) is 18.6. The number of pyridine rings is 1. The van der Waals surface area contributed by atoms with Crippen molar-refractivity contribution in [2.75, 3.05) is 12.8 Å². The van der Waals surface area contributed by atoms with Crippen LogP contribution >= 0.6 is 11.8 Å². The summed E-state index contributed by atoms with van der Waals surface area (Å²) in [7, 11) is 0. The van der Waals surface area contributed by atoms with Crippen LogP contribution in [0.4, 0.5) is 4.79 Å². The van der Waals surface area contributed by atoms with Crippen LogP contribution in [0.25, 0.3) is 0 Å². The molecule has 1 aromatic carbocycles. The van der Waals surface area contributed by atoms with E-state index in [1.807, 2.05) is 11.0 Å². The molecule has 1 N–H and O–H groups in total. The number of rotatable bonds is 8. The smallest absolute Gasteiger partial charge is 0.317 e. The topological polar surface area (TPSA) is 54.3 Å². The lowest BCUT2D eigenvalue weighted by Gasteiger charge is -2.23. The zero-order valence-corrected chi connectivity index (χ0v) is 15.9. The SMILES string of the molecule is CSc1ccc(CN(C(=O)NCCCn2ccccc2=O)C2CC2)cc1. The van der Waals surface area contributed by atoms with Crippen LogP contribution in [0.1, 0.15) is 24.8 Å². The number of thioether (sulfide) groups is 1. The van der Waals surface area contributed by atoms with Gasteiger partial charge in [0.05, 0.1) is 0 Å². The highest BCUT2D eigenvalue weighted by Gasteiger charge is 2.32. The Balaban J connectivity index is 1.49. The molecule has 0 unspecified atom stereocenters. The van der Waals surface area contributed by atoms with Crippen molar-refractivity contribution >= 4 is 17.8 Å². The minimum atomic E-state index is -0.0122. The third-order valence-electron chi connectivity index (χ3n) is 4.51. The van der Waals surface area contributed by atoms with Crippen molar-refractivity contribution < 1.29 is 4.79 Å². The molecule has 0 aliphatic heterocycles. The van der Waals surface area contributed by atoms with Crippen molar-refractivity contribution in [1.29, 1.82) is 0 Å². The van der Waals surface area contributed by atoms with Crippen LogP contribution < -0.4 is 10.9 Å². The van der Waals surface area contributed by atoms with E-state index in [2.05, 4.69) is 35.8 Å². The van der Waals surface area contributed by atoms with Crippen molar-refractivity contribution in [3.8, 4) is 0 Å². The summed E-state index contributed by atoms with van der Waals surface area (Å²) < 4.78 is 1.66. The van der Waals surface area contributed by atoms with Gasteiger partial charge in [0.2, 0.25) is 5.56 Å². The van der Waals surface area contributed by atoms with Gasteiger partial charge in [-0.15, -0.1) is 11.8 Å². The largest absolute Gasteiger partial charge is 0.338 e. The molecular weight excluding hydrogens is 346 g/mol. The van der Waals surface area contributed by atoms with E-state index in [1.165, 1.54) is 4.90 Å². The number of benzene rings is 1. The Morgan fingerprint density at radius 1 is 1.23 bits per heavy atom. The molecule has 1 saturated carbocycles. The van der Waals surface area contributed by atoms with E-state index in [-0.39, 0.29) is 11.6 Å². The maximum Gasteiger partial charge on any atom is 0.317 e. The molecule has 0 atom stereocenters. The molecule has 3 rings (SSSR count). The van der Waals surface area contributed by atoms with Crippen LogP contribution in [0.5, 0.6) is 0 Å². The summed E-state index contributed by atoms with van der Waals surface area (Å²) in [6, 6.07) is 13.9. The van der Waals surface area contributed by atoms with Gasteiger partial charge >= 0.3 is 6.03 Å². The normalized spacial score (nSPS) is 13.4. The summed E-state index contributed by atoms with van der Waals surface area (Å²) in [6.07, 6.45) is 6.73. The van der Waals surface area contributed by atoms with Gasteiger partial charge in [0.15, 0.2) is 0 Å². The van der Waals surface area contributed by atoms with Gasteiger partial charge < -0.3 is 14.8 Å². The molecule has 2 amide bonds. The molecule has 26 heavy (non-hydrogen) atoms. The maximum absolute atomic E-state index is 12.6. The molecule has 1 aliphatic carbocycles. The Hall–Kier alpha value is -2.21. The van der Waals surface area contributed by atoms with E-state index in [1.54, 1.807) is 34.7 Å². The first-order valence-electron chi connectivity index (χ1n) is 9.00.